The number of anilines is 1. The molecule has 1 aliphatic heterocycles. The minimum absolute atomic E-state index is 0.0247. The van der Waals surface area contributed by atoms with E-state index in [1.807, 2.05) is 6.92 Å². The van der Waals surface area contributed by atoms with Crippen LogP contribution >= 0.6 is 11.3 Å². The molecule has 4 heterocycles. The first-order valence-corrected chi connectivity index (χ1v) is 9.12. The molecular formula is C18H20N4O2S. The molecule has 0 unspecified atom stereocenters. The maximum absolute atomic E-state index is 12.8. The van der Waals surface area contributed by atoms with Crippen LogP contribution in [0.25, 0.3) is 20.4 Å². The quantitative estimate of drug-likeness (QED) is 0.675. The van der Waals surface area contributed by atoms with Gasteiger partial charge in [0.05, 0.1) is 25.1 Å². The molecule has 25 heavy (non-hydrogen) atoms. The van der Waals surface area contributed by atoms with E-state index in [1.54, 1.807) is 10.9 Å². The third kappa shape index (κ3) is 2.83. The number of aromatic nitrogens is 3. The third-order valence-electron chi connectivity index (χ3n) is 4.38. The van der Waals surface area contributed by atoms with E-state index in [4.69, 9.17) is 9.72 Å². The fourth-order valence-electron chi connectivity index (χ4n) is 3.18. The summed E-state index contributed by atoms with van der Waals surface area (Å²) in [6.07, 6.45) is 1.61. The molecule has 7 heteroatoms. The molecule has 1 aliphatic rings. The summed E-state index contributed by atoms with van der Waals surface area (Å²) in [5, 5.41) is 0.983. The van der Waals surface area contributed by atoms with Crippen LogP contribution in [0.15, 0.2) is 29.3 Å². The number of allylic oxidation sites excluding steroid dienone is 1. The summed E-state index contributed by atoms with van der Waals surface area (Å²) < 4.78 is 7.69. The summed E-state index contributed by atoms with van der Waals surface area (Å²) in [5.74, 6) is 0.946. The highest BCUT2D eigenvalue weighted by Gasteiger charge is 2.18. The van der Waals surface area contributed by atoms with Crippen molar-refractivity contribution < 1.29 is 4.74 Å². The van der Waals surface area contributed by atoms with Crippen molar-refractivity contribution in [3.8, 4) is 0 Å². The highest BCUT2D eigenvalue weighted by molar-refractivity contribution is 7.25. The number of hydrogen-bond donors (Lipinski definition) is 0. The maximum atomic E-state index is 12.8. The minimum Gasteiger partial charge on any atom is -0.378 e. The molecule has 0 saturated carbocycles. The van der Waals surface area contributed by atoms with Crippen molar-refractivity contribution in [2.75, 3.05) is 31.2 Å². The van der Waals surface area contributed by atoms with Crippen LogP contribution in [0.5, 0.6) is 0 Å². The summed E-state index contributed by atoms with van der Waals surface area (Å²) in [4.78, 5) is 25.2. The van der Waals surface area contributed by atoms with Gasteiger partial charge in [0.25, 0.3) is 5.56 Å². The summed E-state index contributed by atoms with van der Waals surface area (Å²) in [7, 11) is 0. The van der Waals surface area contributed by atoms with Crippen LogP contribution in [0.1, 0.15) is 12.5 Å². The molecule has 0 radical (unpaired) electrons. The van der Waals surface area contributed by atoms with Gasteiger partial charge in [-0.3, -0.25) is 9.36 Å². The van der Waals surface area contributed by atoms with Gasteiger partial charge in [0.15, 0.2) is 0 Å². The van der Waals surface area contributed by atoms with E-state index in [-0.39, 0.29) is 5.56 Å². The van der Waals surface area contributed by atoms with E-state index in [1.165, 1.54) is 11.3 Å². The fourth-order valence-corrected chi connectivity index (χ4v) is 4.33. The second kappa shape index (κ2) is 6.24. The van der Waals surface area contributed by atoms with E-state index < -0.39 is 0 Å². The van der Waals surface area contributed by atoms with Crippen molar-refractivity contribution in [2.24, 2.45) is 0 Å². The molecule has 6 nitrogen and oxygen atoms in total. The Hall–Kier alpha value is -2.25. The number of nitrogens with zero attached hydrogens (tertiary/aromatic N) is 4. The van der Waals surface area contributed by atoms with E-state index >= 15 is 0 Å². The predicted octanol–water partition coefficient (Wildman–Crippen LogP) is 2.73. The zero-order valence-electron chi connectivity index (χ0n) is 14.4. The standard InChI is InChI=1S/C18H20N4O2S/c1-11(2)9-22-10-19-15-14-12(3)8-13(21-4-6-24-7-5-21)20-17(14)25-16(15)18(22)23/h8,10H,1,4-7,9H2,2-3H3. The van der Waals surface area contributed by atoms with Gasteiger partial charge in [-0.1, -0.05) is 12.2 Å². The molecule has 3 aromatic rings. The number of ether oxygens (including phenoxy) is 1. The van der Waals surface area contributed by atoms with E-state index in [9.17, 15) is 4.79 Å². The van der Waals surface area contributed by atoms with Gasteiger partial charge in [0.1, 0.15) is 15.3 Å². The lowest BCUT2D eigenvalue weighted by Crippen LogP contribution is -2.36. The SMILES string of the molecule is C=C(C)Cn1cnc2c(sc3nc(N4CCOCC4)cc(C)c32)c1=O. The Labute approximate surface area is 149 Å². The topological polar surface area (TPSA) is 60.3 Å². The van der Waals surface area contributed by atoms with Gasteiger partial charge in [-0.25, -0.2) is 9.97 Å². The number of aryl methyl sites for hydroxylation is 1. The maximum Gasteiger partial charge on any atom is 0.271 e. The second-order valence-corrected chi connectivity index (χ2v) is 7.49. The van der Waals surface area contributed by atoms with Gasteiger partial charge in [0.2, 0.25) is 0 Å². The van der Waals surface area contributed by atoms with E-state index in [0.717, 1.165) is 59.0 Å². The molecule has 0 atom stereocenters. The average Bonchev–Trinajstić information content (AvgIpc) is 2.98. The Balaban J connectivity index is 1.89. The van der Waals surface area contributed by atoms with Crippen molar-refractivity contribution in [1.29, 1.82) is 0 Å². The summed E-state index contributed by atoms with van der Waals surface area (Å²) in [6.45, 7) is 11.4. The number of hydrogen-bond acceptors (Lipinski definition) is 6. The minimum atomic E-state index is -0.0247. The number of rotatable bonds is 3. The van der Waals surface area contributed by atoms with Gasteiger partial charge in [0, 0.05) is 25.0 Å². The molecule has 0 spiro atoms. The molecule has 130 valence electrons. The number of fused-ring (bicyclic) bond motifs is 3. The highest BCUT2D eigenvalue weighted by Crippen LogP contribution is 2.33. The summed E-state index contributed by atoms with van der Waals surface area (Å²) in [5.41, 5.74) is 2.75. The van der Waals surface area contributed by atoms with Crippen LogP contribution in [-0.2, 0) is 11.3 Å². The number of thiophene rings is 1. The third-order valence-corrected chi connectivity index (χ3v) is 5.44. The van der Waals surface area contributed by atoms with Crippen LogP contribution in [0.4, 0.5) is 5.82 Å². The van der Waals surface area contributed by atoms with E-state index in [0.29, 0.717) is 11.2 Å². The zero-order valence-corrected chi connectivity index (χ0v) is 15.2. The lowest BCUT2D eigenvalue weighted by Gasteiger charge is -2.28. The average molecular weight is 356 g/mol. The summed E-state index contributed by atoms with van der Waals surface area (Å²) in [6, 6.07) is 2.08. The molecular weight excluding hydrogens is 336 g/mol. The lowest BCUT2D eigenvalue weighted by atomic mass is 10.2. The van der Waals surface area contributed by atoms with Crippen molar-refractivity contribution in [3.63, 3.8) is 0 Å². The predicted molar refractivity (Wildman–Crippen MR) is 102 cm³/mol. The molecule has 0 aromatic carbocycles. The zero-order chi connectivity index (χ0) is 17.6. The van der Waals surface area contributed by atoms with Crippen LogP contribution in [0.3, 0.4) is 0 Å². The Kier molecular flexibility index (Phi) is 4.05. The van der Waals surface area contributed by atoms with Gasteiger partial charge in [-0.05, 0) is 25.5 Å². The number of morpholine rings is 1. The molecule has 1 saturated heterocycles. The Bertz CT molecular complexity index is 1030. The first-order chi connectivity index (χ1) is 12.0. The fraction of sp³-hybridized carbons (Fsp3) is 0.389. The van der Waals surface area contributed by atoms with Crippen LogP contribution < -0.4 is 10.5 Å². The van der Waals surface area contributed by atoms with Crippen molar-refractivity contribution in [1.82, 2.24) is 14.5 Å². The van der Waals surface area contributed by atoms with Crippen LogP contribution in [0, 0.1) is 6.92 Å². The van der Waals surface area contributed by atoms with Gasteiger partial charge in [-0.15, -0.1) is 11.3 Å². The normalized spacial score (nSPS) is 15.2. The first-order valence-electron chi connectivity index (χ1n) is 8.31. The Morgan fingerprint density at radius 2 is 2.16 bits per heavy atom. The van der Waals surface area contributed by atoms with Crippen molar-refractivity contribution in [2.45, 2.75) is 20.4 Å². The molecule has 4 rings (SSSR count). The molecule has 0 N–H and O–H groups in total. The first kappa shape index (κ1) is 16.2. The smallest absolute Gasteiger partial charge is 0.271 e. The summed E-state index contributed by atoms with van der Waals surface area (Å²) >= 11 is 1.43. The molecule has 0 amide bonds. The molecule has 0 bridgehead atoms. The Morgan fingerprint density at radius 1 is 1.40 bits per heavy atom. The van der Waals surface area contributed by atoms with Crippen LogP contribution in [-0.4, -0.2) is 40.8 Å². The Morgan fingerprint density at radius 3 is 2.88 bits per heavy atom. The van der Waals surface area contributed by atoms with Gasteiger partial charge in [-0.2, -0.15) is 0 Å². The van der Waals surface area contributed by atoms with Crippen molar-refractivity contribution >= 4 is 37.6 Å². The molecule has 1 fully saturated rings. The lowest BCUT2D eigenvalue weighted by molar-refractivity contribution is 0.122. The highest BCUT2D eigenvalue weighted by atomic mass is 32.1. The molecule has 0 aliphatic carbocycles. The largest absolute Gasteiger partial charge is 0.378 e. The number of pyridine rings is 1. The van der Waals surface area contributed by atoms with Gasteiger partial charge >= 0.3 is 0 Å². The monoisotopic (exact) mass is 356 g/mol. The van der Waals surface area contributed by atoms with Crippen LogP contribution in [0.2, 0.25) is 0 Å². The van der Waals surface area contributed by atoms with Gasteiger partial charge < -0.3 is 9.64 Å². The van der Waals surface area contributed by atoms with E-state index in [2.05, 4.69) is 29.5 Å². The second-order valence-electron chi connectivity index (χ2n) is 6.49. The molecule has 3 aromatic heterocycles. The van der Waals surface area contributed by atoms with Crippen molar-refractivity contribution in [3.05, 3.63) is 40.5 Å².